The number of halogens is 7. The Bertz CT molecular complexity index is 947. The van der Waals surface area contributed by atoms with Crippen LogP contribution in [-0.4, -0.2) is 11.4 Å². The molecule has 0 fully saturated rings. The molecule has 0 amide bonds. The topological polar surface area (TPSA) is 57.4 Å². The highest BCUT2D eigenvalue weighted by molar-refractivity contribution is 8.13. The first-order chi connectivity index (χ1) is 13.1. The fourth-order valence-electron chi connectivity index (χ4n) is 1.90. The number of amidine groups is 1. The number of nitrogens with zero attached hydrogens (tertiary/aromatic N) is 2. The Balaban J connectivity index is 2.55. The largest absolute Gasteiger partial charge is 0.449 e. The molecule has 0 aliphatic carbocycles. The van der Waals surface area contributed by atoms with E-state index in [0.717, 1.165) is 11.8 Å². The van der Waals surface area contributed by atoms with E-state index in [2.05, 4.69) is 10.3 Å². The highest BCUT2D eigenvalue weighted by Crippen LogP contribution is 2.39. The van der Waals surface area contributed by atoms with Gasteiger partial charge < -0.3 is 4.74 Å². The lowest BCUT2D eigenvalue weighted by molar-refractivity contribution is -0.138. The average Bonchev–Trinajstić information content (AvgIpc) is 2.60. The van der Waals surface area contributed by atoms with Crippen molar-refractivity contribution in [1.29, 1.82) is 5.26 Å². The first-order valence-corrected chi connectivity index (χ1v) is 8.30. The molecule has 2 aromatic carbocycles. The lowest BCUT2D eigenvalue weighted by Crippen LogP contribution is -2.12. The number of alkyl halides is 3. The molecule has 2 rings (SSSR count). The Morgan fingerprint density at radius 1 is 1.04 bits per heavy atom. The van der Waals surface area contributed by atoms with Gasteiger partial charge in [-0.15, -0.1) is 0 Å². The van der Waals surface area contributed by atoms with Crippen LogP contribution in [0.15, 0.2) is 29.3 Å². The van der Waals surface area contributed by atoms with E-state index in [1.54, 1.807) is 0 Å². The van der Waals surface area contributed by atoms with Crippen LogP contribution in [-0.2, 0) is 6.18 Å². The highest BCUT2D eigenvalue weighted by Gasteiger charge is 2.33. The minimum Gasteiger partial charge on any atom is -0.449 e. The van der Waals surface area contributed by atoms with E-state index >= 15 is 0 Å². The van der Waals surface area contributed by atoms with Gasteiger partial charge in [-0.05, 0) is 18.4 Å². The molecule has 0 bridgehead atoms. The van der Waals surface area contributed by atoms with E-state index < -0.39 is 52.2 Å². The van der Waals surface area contributed by atoms with Crippen LogP contribution in [0.25, 0.3) is 0 Å². The monoisotopic (exact) mass is 423 g/mol. The SMILES string of the molecule is CSC(=Nc1cc(F)c(F)cc1Oc1c(F)cc(C(F)(F)F)cc1F)NC#N. The zero-order chi connectivity index (χ0) is 21.1. The van der Waals surface area contributed by atoms with E-state index in [9.17, 15) is 30.7 Å². The van der Waals surface area contributed by atoms with Gasteiger partial charge in [0.25, 0.3) is 0 Å². The summed E-state index contributed by atoms with van der Waals surface area (Å²) in [4.78, 5) is 3.77. The van der Waals surface area contributed by atoms with Crippen molar-refractivity contribution in [2.45, 2.75) is 6.18 Å². The van der Waals surface area contributed by atoms with Crippen molar-refractivity contribution in [2.24, 2.45) is 4.99 Å². The normalized spacial score (nSPS) is 11.9. The van der Waals surface area contributed by atoms with Crippen LogP contribution in [0.1, 0.15) is 5.56 Å². The smallest absolute Gasteiger partial charge is 0.416 e. The predicted octanol–water partition coefficient (Wildman–Crippen LogP) is 5.48. The van der Waals surface area contributed by atoms with Gasteiger partial charge in [-0.1, -0.05) is 11.8 Å². The van der Waals surface area contributed by atoms with Crippen LogP contribution >= 0.6 is 11.8 Å². The summed E-state index contributed by atoms with van der Waals surface area (Å²) in [5.41, 5.74) is -2.06. The maximum absolute atomic E-state index is 14.0. The Morgan fingerprint density at radius 3 is 2.11 bits per heavy atom. The van der Waals surface area contributed by atoms with Crippen LogP contribution in [0.2, 0.25) is 0 Å². The van der Waals surface area contributed by atoms with E-state index in [-0.39, 0.29) is 17.3 Å². The molecular formula is C16H8F7N3OS. The summed E-state index contributed by atoms with van der Waals surface area (Å²) in [6.45, 7) is 0. The third-order valence-electron chi connectivity index (χ3n) is 3.12. The fourth-order valence-corrected chi connectivity index (χ4v) is 2.24. The molecule has 0 atom stereocenters. The molecule has 0 unspecified atom stereocenters. The molecule has 0 saturated heterocycles. The van der Waals surface area contributed by atoms with E-state index in [0.29, 0.717) is 12.1 Å². The summed E-state index contributed by atoms with van der Waals surface area (Å²) in [5, 5.41) is 10.6. The van der Waals surface area contributed by atoms with Crippen molar-refractivity contribution < 1.29 is 35.5 Å². The minimum atomic E-state index is -5.01. The molecule has 0 saturated carbocycles. The Hall–Kier alpha value is -2.94. The van der Waals surface area contributed by atoms with Crippen molar-refractivity contribution in [2.75, 3.05) is 6.26 Å². The number of benzene rings is 2. The lowest BCUT2D eigenvalue weighted by atomic mass is 10.2. The maximum Gasteiger partial charge on any atom is 0.416 e. The van der Waals surface area contributed by atoms with Gasteiger partial charge in [0.2, 0.25) is 0 Å². The van der Waals surface area contributed by atoms with E-state index in [4.69, 9.17) is 10.00 Å². The second kappa shape index (κ2) is 8.39. The number of hydrogen-bond donors (Lipinski definition) is 1. The van der Waals surface area contributed by atoms with E-state index in [1.807, 2.05) is 0 Å². The molecule has 12 heteroatoms. The van der Waals surface area contributed by atoms with Gasteiger partial charge in [0.05, 0.1) is 5.56 Å². The third kappa shape index (κ3) is 4.86. The summed E-state index contributed by atoms with van der Waals surface area (Å²) in [5.74, 6) is -8.23. The molecule has 0 heterocycles. The van der Waals surface area contributed by atoms with E-state index in [1.165, 1.54) is 12.4 Å². The maximum atomic E-state index is 14.0. The van der Waals surface area contributed by atoms with Gasteiger partial charge in [-0.2, -0.15) is 18.4 Å². The Morgan fingerprint density at radius 2 is 1.61 bits per heavy atom. The zero-order valence-electron chi connectivity index (χ0n) is 13.7. The average molecular weight is 423 g/mol. The van der Waals surface area contributed by atoms with Crippen molar-refractivity contribution >= 4 is 22.6 Å². The number of thioether (sulfide) groups is 1. The molecule has 4 nitrogen and oxygen atoms in total. The Kier molecular flexibility index (Phi) is 6.40. The van der Waals surface area contributed by atoms with Crippen molar-refractivity contribution in [1.82, 2.24) is 5.32 Å². The van der Waals surface area contributed by atoms with Gasteiger partial charge in [-0.3, -0.25) is 5.32 Å². The molecule has 0 radical (unpaired) electrons. The number of nitrogens with one attached hydrogen (secondary N) is 1. The van der Waals surface area contributed by atoms with Gasteiger partial charge in [0.15, 0.2) is 46.1 Å². The van der Waals surface area contributed by atoms with Gasteiger partial charge in [0, 0.05) is 12.1 Å². The van der Waals surface area contributed by atoms with Gasteiger partial charge in [-0.25, -0.2) is 22.6 Å². The molecule has 148 valence electrons. The van der Waals surface area contributed by atoms with Crippen LogP contribution in [0.4, 0.5) is 36.4 Å². The molecule has 28 heavy (non-hydrogen) atoms. The second-order valence-electron chi connectivity index (χ2n) is 4.96. The predicted molar refractivity (Wildman–Crippen MR) is 87.2 cm³/mol. The second-order valence-corrected chi connectivity index (χ2v) is 5.76. The van der Waals surface area contributed by atoms with Crippen LogP contribution in [0.3, 0.4) is 0 Å². The lowest BCUT2D eigenvalue weighted by Gasteiger charge is -2.13. The summed E-state index contributed by atoms with van der Waals surface area (Å²) in [6.07, 6.45) is -1.99. The Labute approximate surface area is 157 Å². The van der Waals surface area contributed by atoms with Crippen molar-refractivity contribution in [3.05, 3.63) is 53.1 Å². The van der Waals surface area contributed by atoms with Crippen LogP contribution in [0.5, 0.6) is 11.5 Å². The number of ether oxygens (including phenoxy) is 1. The highest BCUT2D eigenvalue weighted by atomic mass is 32.2. The number of nitriles is 1. The summed E-state index contributed by atoms with van der Waals surface area (Å²) < 4.78 is 97.6. The quantitative estimate of drug-likeness (QED) is 0.234. The molecule has 0 aromatic heterocycles. The van der Waals surface area contributed by atoms with Crippen LogP contribution in [0, 0.1) is 34.7 Å². The first-order valence-electron chi connectivity index (χ1n) is 7.07. The number of hydrogen-bond acceptors (Lipinski definition) is 4. The van der Waals surface area contributed by atoms with Crippen molar-refractivity contribution in [3.63, 3.8) is 0 Å². The number of rotatable bonds is 3. The molecule has 2 aromatic rings. The minimum absolute atomic E-state index is 0.00814. The summed E-state index contributed by atoms with van der Waals surface area (Å²) in [6, 6.07) is 0.923. The summed E-state index contributed by atoms with van der Waals surface area (Å²) in [7, 11) is 0. The van der Waals surface area contributed by atoms with Crippen LogP contribution < -0.4 is 10.1 Å². The molecule has 0 spiro atoms. The summed E-state index contributed by atoms with van der Waals surface area (Å²) >= 11 is 0.897. The standard InChI is InChI=1S/C16H8F7N3OS/c1-28-15(25-6-24)26-12-4-8(17)9(18)5-13(12)27-14-10(19)2-7(3-11(14)20)16(21,22)23/h2-5H,1H3,(H,25,26). The molecule has 1 N–H and O–H groups in total. The third-order valence-corrected chi connectivity index (χ3v) is 3.70. The molecular weight excluding hydrogens is 415 g/mol. The number of aliphatic imine (C=N–C) groups is 1. The van der Waals surface area contributed by atoms with Gasteiger partial charge >= 0.3 is 6.18 Å². The molecule has 0 aliphatic heterocycles. The molecule has 0 aliphatic rings. The fraction of sp³-hybridized carbons (Fsp3) is 0.125. The first kappa shape index (κ1) is 21.4. The zero-order valence-corrected chi connectivity index (χ0v) is 14.5. The van der Waals surface area contributed by atoms with Crippen molar-refractivity contribution in [3.8, 4) is 17.7 Å². The van der Waals surface area contributed by atoms with Gasteiger partial charge in [0.1, 0.15) is 5.69 Å².